The largest absolute Gasteiger partial charge is 0.352 e. The van der Waals surface area contributed by atoms with Crippen molar-refractivity contribution in [3.05, 3.63) is 29.0 Å². The average molecular weight is 275 g/mol. The van der Waals surface area contributed by atoms with Gasteiger partial charge in [-0.25, -0.2) is 0 Å². The van der Waals surface area contributed by atoms with E-state index in [1.807, 2.05) is 0 Å². The molecule has 0 fully saturated rings. The summed E-state index contributed by atoms with van der Waals surface area (Å²) in [5.74, 6) is 0.868. The first-order valence-electron chi connectivity index (χ1n) is 5.62. The molecular weight excluding hydrogens is 259 g/mol. The zero-order chi connectivity index (χ0) is 12.7. The smallest absolute Gasteiger partial charge is 0.252 e. The molecule has 94 valence electrons. The minimum absolute atomic E-state index is 0.162. The Kier molecular flexibility index (Phi) is 6.30. The summed E-state index contributed by atoms with van der Waals surface area (Å²) in [6.07, 6.45) is 4.92. The van der Waals surface area contributed by atoms with Crippen LogP contribution in [0, 0.1) is 5.92 Å². The molecule has 0 bridgehead atoms. The van der Waals surface area contributed by atoms with Gasteiger partial charge >= 0.3 is 0 Å². The predicted octanol–water partition coefficient (Wildman–Crippen LogP) is 3.12. The van der Waals surface area contributed by atoms with E-state index in [2.05, 4.69) is 17.2 Å². The van der Waals surface area contributed by atoms with Crippen LogP contribution < -0.4 is 5.32 Å². The van der Waals surface area contributed by atoms with Gasteiger partial charge in [-0.2, -0.15) is 0 Å². The highest BCUT2D eigenvalue weighted by molar-refractivity contribution is 6.33. The van der Waals surface area contributed by atoms with E-state index in [0.29, 0.717) is 28.9 Å². The molecule has 0 radical (unpaired) electrons. The number of aromatic nitrogens is 1. The maximum absolute atomic E-state index is 11.8. The highest BCUT2D eigenvalue weighted by atomic mass is 35.5. The number of nitrogens with zero attached hydrogens (tertiary/aromatic N) is 1. The van der Waals surface area contributed by atoms with Crippen LogP contribution in [-0.2, 0) is 0 Å². The summed E-state index contributed by atoms with van der Waals surface area (Å²) in [4.78, 5) is 15.7. The molecule has 0 aliphatic carbocycles. The van der Waals surface area contributed by atoms with Gasteiger partial charge in [0.1, 0.15) is 0 Å². The first kappa shape index (κ1) is 14.3. The summed E-state index contributed by atoms with van der Waals surface area (Å²) in [5, 5.41) is 3.24. The van der Waals surface area contributed by atoms with E-state index in [0.717, 1.165) is 12.8 Å². The minimum Gasteiger partial charge on any atom is -0.352 e. The number of alkyl halides is 1. The lowest BCUT2D eigenvalue weighted by Gasteiger charge is -2.14. The highest BCUT2D eigenvalue weighted by Crippen LogP contribution is 2.13. The Hall–Kier alpha value is -0.800. The zero-order valence-electron chi connectivity index (χ0n) is 9.75. The maximum Gasteiger partial charge on any atom is 0.252 e. The molecule has 1 aromatic heterocycles. The van der Waals surface area contributed by atoms with Gasteiger partial charge in [-0.1, -0.05) is 24.9 Å². The number of pyridine rings is 1. The van der Waals surface area contributed by atoms with Crippen LogP contribution in [0.1, 0.15) is 30.1 Å². The summed E-state index contributed by atoms with van der Waals surface area (Å²) in [6.45, 7) is 2.71. The maximum atomic E-state index is 11.8. The second-order valence-corrected chi connectivity index (χ2v) is 4.60. The van der Waals surface area contributed by atoms with Crippen LogP contribution >= 0.6 is 23.2 Å². The van der Waals surface area contributed by atoms with Crippen LogP contribution in [0.5, 0.6) is 0 Å². The Labute approximate surface area is 112 Å². The number of rotatable bonds is 6. The van der Waals surface area contributed by atoms with Crippen LogP contribution in [0.3, 0.4) is 0 Å². The molecule has 1 unspecified atom stereocenters. The van der Waals surface area contributed by atoms with E-state index >= 15 is 0 Å². The Morgan fingerprint density at radius 3 is 2.94 bits per heavy atom. The van der Waals surface area contributed by atoms with Crippen molar-refractivity contribution in [3.8, 4) is 0 Å². The molecule has 17 heavy (non-hydrogen) atoms. The molecule has 1 atom stereocenters. The van der Waals surface area contributed by atoms with Crippen LogP contribution in [0.4, 0.5) is 0 Å². The standard InChI is InChI=1S/C12H16Cl2N2O/c1-2-9(3-5-13)7-16-12(17)10-4-6-15-8-11(10)14/h4,6,8-9H,2-3,5,7H2,1H3,(H,16,17). The first-order chi connectivity index (χ1) is 8.19. The van der Waals surface area contributed by atoms with Gasteiger partial charge in [-0.15, -0.1) is 11.6 Å². The number of hydrogen-bond acceptors (Lipinski definition) is 2. The van der Waals surface area contributed by atoms with Crippen LogP contribution in [0.25, 0.3) is 0 Å². The van der Waals surface area contributed by atoms with Crippen molar-refractivity contribution in [1.29, 1.82) is 0 Å². The van der Waals surface area contributed by atoms with Gasteiger partial charge in [0.05, 0.1) is 10.6 Å². The van der Waals surface area contributed by atoms with E-state index in [9.17, 15) is 4.79 Å². The van der Waals surface area contributed by atoms with Crippen molar-refractivity contribution in [1.82, 2.24) is 10.3 Å². The van der Waals surface area contributed by atoms with E-state index in [-0.39, 0.29) is 5.91 Å². The van der Waals surface area contributed by atoms with Crippen molar-refractivity contribution in [2.24, 2.45) is 5.92 Å². The highest BCUT2D eigenvalue weighted by Gasteiger charge is 2.12. The average Bonchev–Trinajstić information content (AvgIpc) is 2.34. The summed E-state index contributed by atoms with van der Waals surface area (Å²) < 4.78 is 0. The normalized spacial score (nSPS) is 12.2. The number of amides is 1. The fourth-order valence-electron chi connectivity index (χ4n) is 1.50. The fourth-order valence-corrected chi connectivity index (χ4v) is 2.01. The summed E-state index contributed by atoms with van der Waals surface area (Å²) in [6, 6.07) is 1.61. The quantitative estimate of drug-likeness (QED) is 0.810. The Morgan fingerprint density at radius 1 is 1.59 bits per heavy atom. The van der Waals surface area contributed by atoms with E-state index in [4.69, 9.17) is 23.2 Å². The van der Waals surface area contributed by atoms with Gasteiger partial charge < -0.3 is 5.32 Å². The number of hydrogen-bond donors (Lipinski definition) is 1. The molecule has 0 saturated carbocycles. The minimum atomic E-state index is -0.162. The second-order valence-electron chi connectivity index (χ2n) is 3.82. The van der Waals surface area contributed by atoms with Gasteiger partial charge in [0.25, 0.3) is 5.91 Å². The number of nitrogens with one attached hydrogen (secondary N) is 1. The molecule has 0 aliphatic heterocycles. The SMILES string of the molecule is CCC(CCCl)CNC(=O)c1ccncc1Cl. The first-order valence-corrected chi connectivity index (χ1v) is 6.54. The van der Waals surface area contributed by atoms with Crippen molar-refractivity contribution in [2.75, 3.05) is 12.4 Å². The van der Waals surface area contributed by atoms with Gasteiger partial charge in [-0.05, 0) is 18.4 Å². The molecule has 1 rings (SSSR count). The molecule has 0 aliphatic rings. The van der Waals surface area contributed by atoms with E-state index < -0.39 is 0 Å². The Bertz CT molecular complexity index is 371. The second kappa shape index (κ2) is 7.51. The number of halogens is 2. The molecule has 5 heteroatoms. The Morgan fingerprint density at radius 2 is 2.35 bits per heavy atom. The monoisotopic (exact) mass is 274 g/mol. The zero-order valence-corrected chi connectivity index (χ0v) is 11.3. The van der Waals surface area contributed by atoms with E-state index in [1.165, 1.54) is 6.20 Å². The molecule has 0 saturated heterocycles. The van der Waals surface area contributed by atoms with Crippen LogP contribution in [0.2, 0.25) is 5.02 Å². The van der Waals surface area contributed by atoms with Gasteiger partial charge in [0.2, 0.25) is 0 Å². The Balaban J connectivity index is 2.52. The lowest BCUT2D eigenvalue weighted by Crippen LogP contribution is -2.29. The van der Waals surface area contributed by atoms with Crippen LogP contribution in [-0.4, -0.2) is 23.3 Å². The topological polar surface area (TPSA) is 42.0 Å². The molecule has 1 heterocycles. The van der Waals surface area contributed by atoms with Crippen molar-refractivity contribution >= 4 is 29.1 Å². The molecule has 1 amide bonds. The van der Waals surface area contributed by atoms with Crippen molar-refractivity contribution in [2.45, 2.75) is 19.8 Å². The third-order valence-electron chi connectivity index (χ3n) is 2.66. The summed E-state index contributed by atoms with van der Waals surface area (Å²) in [7, 11) is 0. The lowest BCUT2D eigenvalue weighted by atomic mass is 10.0. The number of carbonyl (C=O) groups excluding carboxylic acids is 1. The molecule has 0 spiro atoms. The third kappa shape index (κ3) is 4.52. The molecule has 1 aromatic rings. The summed E-state index contributed by atoms with van der Waals surface area (Å²) in [5.41, 5.74) is 0.461. The molecule has 1 N–H and O–H groups in total. The molecule has 0 aromatic carbocycles. The van der Waals surface area contributed by atoms with Gasteiger partial charge in [-0.3, -0.25) is 9.78 Å². The lowest BCUT2D eigenvalue weighted by molar-refractivity contribution is 0.0946. The molecular formula is C12H16Cl2N2O. The van der Waals surface area contributed by atoms with Crippen LogP contribution in [0.15, 0.2) is 18.5 Å². The third-order valence-corrected chi connectivity index (χ3v) is 3.18. The fraction of sp³-hybridized carbons (Fsp3) is 0.500. The predicted molar refractivity (Wildman–Crippen MR) is 70.7 cm³/mol. The van der Waals surface area contributed by atoms with Crippen molar-refractivity contribution in [3.63, 3.8) is 0 Å². The number of carbonyl (C=O) groups is 1. The van der Waals surface area contributed by atoms with Crippen molar-refractivity contribution < 1.29 is 4.79 Å². The molecule has 3 nitrogen and oxygen atoms in total. The van der Waals surface area contributed by atoms with Gasteiger partial charge in [0.15, 0.2) is 0 Å². The van der Waals surface area contributed by atoms with Gasteiger partial charge in [0, 0.05) is 24.8 Å². The van der Waals surface area contributed by atoms with E-state index in [1.54, 1.807) is 12.3 Å². The summed E-state index contributed by atoms with van der Waals surface area (Å²) >= 11 is 11.6.